The molecule has 27 heavy (non-hydrogen) atoms. The normalized spacial score (nSPS) is 15.4. The molecule has 1 aliphatic heterocycles. The number of nitrogens with zero attached hydrogens (tertiary/aromatic N) is 2. The van der Waals surface area contributed by atoms with Crippen LogP contribution in [-0.2, 0) is 22.3 Å². The lowest BCUT2D eigenvalue weighted by molar-refractivity contribution is 0.102. The first-order valence-corrected chi connectivity index (χ1v) is 10.2. The minimum Gasteiger partial charge on any atom is -0.493 e. The van der Waals surface area contributed by atoms with E-state index in [1.165, 1.54) is 0 Å². The average molecular weight is 381 g/mol. The van der Waals surface area contributed by atoms with Gasteiger partial charge in [-0.3, -0.25) is 9.00 Å². The zero-order valence-electron chi connectivity index (χ0n) is 14.8. The molecular weight excluding hydrogens is 362 g/mol. The van der Waals surface area contributed by atoms with E-state index in [9.17, 15) is 9.00 Å². The molecule has 3 aromatic rings. The molecule has 0 radical (unpaired) electrons. The second-order valence-corrected chi connectivity index (χ2v) is 7.59. The summed E-state index contributed by atoms with van der Waals surface area (Å²) in [6.45, 7) is 2.35. The van der Waals surface area contributed by atoms with Crippen molar-refractivity contribution in [2.24, 2.45) is 0 Å². The lowest BCUT2D eigenvalue weighted by atomic mass is 10.2. The number of para-hydroxylation sites is 2. The Kier molecular flexibility index (Phi) is 4.77. The molecule has 2 heterocycles. The van der Waals surface area contributed by atoms with E-state index in [-0.39, 0.29) is 5.91 Å². The fraction of sp³-hybridized carbons (Fsp3) is 0.200. The highest BCUT2D eigenvalue weighted by Crippen LogP contribution is 2.32. The molecular formula is C20H19N3O3S. The van der Waals surface area contributed by atoms with Gasteiger partial charge < -0.3 is 10.1 Å². The number of amides is 1. The largest absolute Gasteiger partial charge is 0.493 e. The van der Waals surface area contributed by atoms with E-state index >= 15 is 0 Å². The molecule has 4 rings (SSSR count). The van der Waals surface area contributed by atoms with Gasteiger partial charge in [-0.05, 0) is 31.2 Å². The van der Waals surface area contributed by atoms with E-state index in [4.69, 9.17) is 4.74 Å². The molecule has 1 aliphatic rings. The first-order chi connectivity index (χ1) is 13.2. The van der Waals surface area contributed by atoms with Gasteiger partial charge in [0.05, 0.1) is 35.1 Å². The van der Waals surface area contributed by atoms with E-state index in [1.807, 2.05) is 43.3 Å². The quantitative estimate of drug-likeness (QED) is 0.736. The van der Waals surface area contributed by atoms with Gasteiger partial charge in [-0.15, -0.1) is 0 Å². The van der Waals surface area contributed by atoms with Crippen LogP contribution in [0.15, 0.2) is 54.6 Å². The highest BCUT2D eigenvalue weighted by molar-refractivity contribution is 7.83. The van der Waals surface area contributed by atoms with Crippen LogP contribution in [0, 0.1) is 0 Å². The summed E-state index contributed by atoms with van der Waals surface area (Å²) in [6.07, 6.45) is 0. The lowest BCUT2D eigenvalue weighted by Gasteiger charge is -2.13. The Hall–Kier alpha value is -2.93. The molecule has 0 saturated carbocycles. The molecule has 0 saturated heterocycles. The number of carbonyl (C=O) groups excluding carboxylic acids is 1. The van der Waals surface area contributed by atoms with Gasteiger partial charge in [0.2, 0.25) is 0 Å². The molecule has 1 aromatic heterocycles. The van der Waals surface area contributed by atoms with Crippen LogP contribution < -0.4 is 10.1 Å². The topological polar surface area (TPSA) is 73.2 Å². The van der Waals surface area contributed by atoms with Gasteiger partial charge in [-0.2, -0.15) is 5.10 Å². The Labute approximate surface area is 159 Å². The molecule has 6 nitrogen and oxygen atoms in total. The number of carbonyl (C=O) groups is 1. The van der Waals surface area contributed by atoms with Crippen LogP contribution in [0.4, 0.5) is 5.82 Å². The minimum atomic E-state index is -0.982. The average Bonchev–Trinajstić information content (AvgIpc) is 3.20. The molecule has 2 aromatic carbocycles. The van der Waals surface area contributed by atoms with Gasteiger partial charge in [0.25, 0.3) is 5.91 Å². The second-order valence-electron chi connectivity index (χ2n) is 6.13. The molecule has 0 bridgehead atoms. The number of benzene rings is 2. The first kappa shape index (κ1) is 17.5. The van der Waals surface area contributed by atoms with Crippen LogP contribution in [-0.4, -0.2) is 26.5 Å². The van der Waals surface area contributed by atoms with E-state index in [0.717, 1.165) is 16.9 Å². The zero-order chi connectivity index (χ0) is 18.8. The number of anilines is 1. The fourth-order valence-corrected chi connectivity index (χ4v) is 4.39. The SMILES string of the molecule is CCOc1ccccc1C(=O)Nc1c2c(nn1-c1ccccc1)C[S@](=O)C2. The van der Waals surface area contributed by atoms with Crippen molar-refractivity contribution >= 4 is 22.5 Å². The molecule has 1 atom stereocenters. The molecule has 1 N–H and O–H groups in total. The number of rotatable bonds is 5. The Morgan fingerprint density at radius 3 is 2.67 bits per heavy atom. The van der Waals surface area contributed by atoms with Crippen LogP contribution in [0.25, 0.3) is 5.69 Å². The maximum Gasteiger partial charge on any atom is 0.260 e. The second kappa shape index (κ2) is 7.36. The van der Waals surface area contributed by atoms with Gasteiger partial charge in [-0.25, -0.2) is 4.68 Å². The van der Waals surface area contributed by atoms with Crippen LogP contribution in [0.3, 0.4) is 0 Å². The molecule has 0 aliphatic carbocycles. The van der Waals surface area contributed by atoms with Crippen molar-refractivity contribution in [1.29, 1.82) is 0 Å². The number of hydrogen-bond acceptors (Lipinski definition) is 4. The number of nitrogens with one attached hydrogen (secondary N) is 1. The highest BCUT2D eigenvalue weighted by Gasteiger charge is 2.28. The van der Waals surface area contributed by atoms with Crippen molar-refractivity contribution in [2.75, 3.05) is 11.9 Å². The smallest absolute Gasteiger partial charge is 0.260 e. The fourth-order valence-electron chi connectivity index (χ4n) is 3.12. The predicted octanol–water partition coefficient (Wildman–Crippen LogP) is 3.29. The van der Waals surface area contributed by atoms with Gasteiger partial charge in [0.1, 0.15) is 11.6 Å². The first-order valence-electron chi connectivity index (χ1n) is 8.71. The van der Waals surface area contributed by atoms with Crippen molar-refractivity contribution in [3.05, 3.63) is 71.4 Å². The number of aromatic nitrogens is 2. The van der Waals surface area contributed by atoms with E-state index in [2.05, 4.69) is 10.4 Å². The Morgan fingerprint density at radius 2 is 1.89 bits per heavy atom. The van der Waals surface area contributed by atoms with Gasteiger partial charge in [0.15, 0.2) is 0 Å². The highest BCUT2D eigenvalue weighted by atomic mass is 32.2. The predicted molar refractivity (Wildman–Crippen MR) is 105 cm³/mol. The maximum absolute atomic E-state index is 13.0. The summed E-state index contributed by atoms with van der Waals surface area (Å²) in [5.74, 6) is 1.62. The summed E-state index contributed by atoms with van der Waals surface area (Å²) in [4.78, 5) is 13.0. The number of hydrogen-bond donors (Lipinski definition) is 1. The van der Waals surface area contributed by atoms with Crippen molar-refractivity contribution in [3.63, 3.8) is 0 Å². The number of ether oxygens (including phenoxy) is 1. The molecule has 1 amide bonds. The standard InChI is InChI=1S/C20H19N3O3S/c1-2-26-18-11-7-6-10-15(18)20(24)21-19-16-12-27(25)13-17(16)22-23(19)14-8-4-3-5-9-14/h3-11H,2,12-13H2,1H3,(H,21,24)/t27-/m1/s1. The Morgan fingerprint density at radius 1 is 1.15 bits per heavy atom. The van der Waals surface area contributed by atoms with Crippen molar-refractivity contribution in [3.8, 4) is 11.4 Å². The summed E-state index contributed by atoms with van der Waals surface area (Å²) in [5, 5.41) is 7.57. The van der Waals surface area contributed by atoms with E-state index < -0.39 is 10.8 Å². The molecule has 0 unspecified atom stereocenters. The molecule has 7 heteroatoms. The van der Waals surface area contributed by atoms with Crippen LogP contribution in [0.1, 0.15) is 28.5 Å². The van der Waals surface area contributed by atoms with Crippen LogP contribution >= 0.6 is 0 Å². The monoisotopic (exact) mass is 381 g/mol. The summed E-state index contributed by atoms with van der Waals surface area (Å²) >= 11 is 0. The summed E-state index contributed by atoms with van der Waals surface area (Å²) in [5.41, 5.74) is 2.89. The minimum absolute atomic E-state index is 0.281. The molecule has 0 spiro atoms. The summed E-state index contributed by atoms with van der Waals surface area (Å²) in [6, 6.07) is 16.7. The Bertz CT molecular complexity index is 1010. The van der Waals surface area contributed by atoms with Gasteiger partial charge in [0, 0.05) is 16.4 Å². The molecule has 138 valence electrons. The number of fused-ring (bicyclic) bond motifs is 1. The van der Waals surface area contributed by atoms with E-state index in [1.54, 1.807) is 22.9 Å². The van der Waals surface area contributed by atoms with Crippen LogP contribution in [0.2, 0.25) is 0 Å². The summed E-state index contributed by atoms with van der Waals surface area (Å²) in [7, 11) is -0.982. The van der Waals surface area contributed by atoms with Crippen molar-refractivity contribution < 1.29 is 13.7 Å². The third-order valence-electron chi connectivity index (χ3n) is 4.33. The summed E-state index contributed by atoms with van der Waals surface area (Å²) < 4.78 is 19.3. The van der Waals surface area contributed by atoms with Crippen molar-refractivity contribution in [1.82, 2.24) is 9.78 Å². The van der Waals surface area contributed by atoms with Crippen molar-refractivity contribution in [2.45, 2.75) is 18.4 Å². The van der Waals surface area contributed by atoms with Gasteiger partial charge in [-0.1, -0.05) is 30.3 Å². The van der Waals surface area contributed by atoms with E-state index in [0.29, 0.717) is 35.2 Å². The third-order valence-corrected chi connectivity index (χ3v) is 5.54. The third kappa shape index (κ3) is 3.38. The lowest BCUT2D eigenvalue weighted by Crippen LogP contribution is -2.17. The molecule has 0 fully saturated rings. The van der Waals surface area contributed by atoms with Crippen LogP contribution in [0.5, 0.6) is 5.75 Å². The van der Waals surface area contributed by atoms with Gasteiger partial charge >= 0.3 is 0 Å². The Balaban J connectivity index is 1.74. The maximum atomic E-state index is 13.0. The zero-order valence-corrected chi connectivity index (χ0v) is 15.7.